The van der Waals surface area contributed by atoms with Gasteiger partial charge in [-0.15, -0.1) is 0 Å². The Morgan fingerprint density at radius 1 is 1.03 bits per heavy atom. The fraction of sp³-hybridized carbons (Fsp3) is 0.444. The number of ether oxygens (including phenoxy) is 3. The second-order valence-electron chi connectivity index (χ2n) is 8.88. The lowest BCUT2D eigenvalue weighted by atomic mass is 9.88. The molecule has 0 radical (unpaired) electrons. The molecule has 4 rings (SSSR count). The third-order valence-electron chi connectivity index (χ3n) is 6.88. The summed E-state index contributed by atoms with van der Waals surface area (Å²) in [5, 5.41) is 0. The Morgan fingerprint density at radius 3 is 2.31 bits per heavy atom. The number of carbonyl (C=O) groups excluding carboxylic acids is 3. The van der Waals surface area contributed by atoms with E-state index < -0.39 is 24.1 Å². The fourth-order valence-corrected chi connectivity index (χ4v) is 5.07. The van der Waals surface area contributed by atoms with Crippen molar-refractivity contribution in [3.05, 3.63) is 59.2 Å². The topological polar surface area (TPSA) is 85.4 Å². The number of rotatable bonds is 8. The van der Waals surface area contributed by atoms with Crippen LogP contribution >= 0.6 is 0 Å². The summed E-state index contributed by atoms with van der Waals surface area (Å²) in [6.45, 7) is 3.93. The second kappa shape index (κ2) is 10.4. The van der Waals surface area contributed by atoms with Gasteiger partial charge in [-0.1, -0.05) is 30.3 Å². The van der Waals surface area contributed by atoms with Crippen molar-refractivity contribution in [2.75, 3.05) is 20.8 Å². The first-order chi connectivity index (χ1) is 16.9. The van der Waals surface area contributed by atoms with E-state index in [0.717, 1.165) is 16.7 Å². The summed E-state index contributed by atoms with van der Waals surface area (Å²) in [4.78, 5) is 43.4. The standard InChI is InChI=1S/C27H32N2O6/c1-5-35-27(32)21(12-11-18-9-7-6-8-10-18)29-17(2)25(30)28-16-20-15-24(34-4)23(33-3)14-19(20)13-22(28)26(29)31/h6-10,14-15,17,21-22H,5,11-13,16H2,1-4H3/t17-,21-,22+/m0/s1. The van der Waals surface area contributed by atoms with Crippen molar-refractivity contribution in [3.8, 4) is 11.5 Å². The molecule has 0 saturated carbocycles. The number of fused-ring (bicyclic) bond motifs is 2. The summed E-state index contributed by atoms with van der Waals surface area (Å²) < 4.78 is 16.2. The van der Waals surface area contributed by atoms with Gasteiger partial charge in [0.25, 0.3) is 0 Å². The van der Waals surface area contributed by atoms with Crippen LogP contribution < -0.4 is 9.47 Å². The Kier molecular flexibility index (Phi) is 7.28. The predicted molar refractivity (Wildman–Crippen MR) is 129 cm³/mol. The lowest BCUT2D eigenvalue weighted by molar-refractivity contribution is -0.171. The molecule has 0 unspecified atom stereocenters. The van der Waals surface area contributed by atoms with Crippen molar-refractivity contribution in [3.63, 3.8) is 0 Å². The predicted octanol–water partition coefficient (Wildman–Crippen LogP) is 2.75. The van der Waals surface area contributed by atoms with Crippen LogP contribution in [0.25, 0.3) is 0 Å². The Labute approximate surface area is 205 Å². The van der Waals surface area contributed by atoms with E-state index >= 15 is 0 Å². The van der Waals surface area contributed by atoms with E-state index in [-0.39, 0.29) is 18.4 Å². The first-order valence-corrected chi connectivity index (χ1v) is 12.0. The Morgan fingerprint density at radius 2 is 1.69 bits per heavy atom. The van der Waals surface area contributed by atoms with Gasteiger partial charge in [-0.2, -0.15) is 0 Å². The van der Waals surface area contributed by atoms with Gasteiger partial charge in [0.1, 0.15) is 18.1 Å². The molecule has 0 bridgehead atoms. The van der Waals surface area contributed by atoms with Crippen LogP contribution in [0.4, 0.5) is 0 Å². The highest BCUT2D eigenvalue weighted by Crippen LogP contribution is 2.37. The molecule has 0 spiro atoms. The van der Waals surface area contributed by atoms with E-state index in [1.807, 2.05) is 42.5 Å². The van der Waals surface area contributed by atoms with Crippen LogP contribution in [0.15, 0.2) is 42.5 Å². The zero-order valence-corrected chi connectivity index (χ0v) is 20.7. The number of benzene rings is 2. The van der Waals surface area contributed by atoms with Crippen molar-refractivity contribution >= 4 is 17.8 Å². The summed E-state index contributed by atoms with van der Waals surface area (Å²) >= 11 is 0. The molecule has 186 valence electrons. The molecular weight excluding hydrogens is 448 g/mol. The molecule has 2 aliphatic heterocycles. The first kappa shape index (κ1) is 24.6. The third kappa shape index (κ3) is 4.70. The van der Waals surface area contributed by atoms with Gasteiger partial charge in [-0.3, -0.25) is 9.59 Å². The van der Waals surface area contributed by atoms with Gasteiger partial charge in [0.05, 0.1) is 20.8 Å². The molecule has 2 aromatic carbocycles. The maximum Gasteiger partial charge on any atom is 0.328 e. The smallest absolute Gasteiger partial charge is 0.328 e. The Bertz CT molecular complexity index is 1100. The molecule has 8 heteroatoms. The van der Waals surface area contributed by atoms with Gasteiger partial charge in [0.15, 0.2) is 11.5 Å². The van der Waals surface area contributed by atoms with Crippen molar-refractivity contribution in [2.45, 2.75) is 57.8 Å². The number of aryl methyl sites for hydroxylation is 1. The molecule has 3 atom stereocenters. The molecule has 1 fully saturated rings. The first-order valence-electron chi connectivity index (χ1n) is 12.0. The van der Waals surface area contributed by atoms with Crippen LogP contribution in [0.3, 0.4) is 0 Å². The van der Waals surface area contributed by atoms with Crippen LogP contribution in [0.1, 0.15) is 37.0 Å². The van der Waals surface area contributed by atoms with E-state index in [4.69, 9.17) is 14.2 Å². The van der Waals surface area contributed by atoms with Gasteiger partial charge >= 0.3 is 5.97 Å². The molecule has 0 aliphatic carbocycles. The minimum Gasteiger partial charge on any atom is -0.493 e. The lowest BCUT2D eigenvalue weighted by Crippen LogP contribution is -2.68. The zero-order valence-electron chi connectivity index (χ0n) is 20.7. The van der Waals surface area contributed by atoms with Crippen LogP contribution in [-0.2, 0) is 38.5 Å². The largest absolute Gasteiger partial charge is 0.493 e. The normalized spacial score (nSPS) is 20.1. The van der Waals surface area contributed by atoms with Crippen molar-refractivity contribution < 1.29 is 28.6 Å². The van der Waals surface area contributed by atoms with Crippen LogP contribution in [0, 0.1) is 0 Å². The molecule has 2 amide bonds. The van der Waals surface area contributed by atoms with Crippen LogP contribution in [0.5, 0.6) is 11.5 Å². The summed E-state index contributed by atoms with van der Waals surface area (Å²) in [6, 6.07) is 11.2. The molecule has 2 aromatic rings. The van der Waals surface area contributed by atoms with E-state index in [1.165, 1.54) is 4.90 Å². The number of hydrogen-bond donors (Lipinski definition) is 0. The van der Waals surface area contributed by atoms with E-state index in [2.05, 4.69) is 0 Å². The summed E-state index contributed by atoms with van der Waals surface area (Å²) in [7, 11) is 3.13. The Balaban J connectivity index is 1.64. The van der Waals surface area contributed by atoms with Gasteiger partial charge in [0.2, 0.25) is 11.8 Å². The monoisotopic (exact) mass is 480 g/mol. The molecule has 1 saturated heterocycles. The number of hydrogen-bond acceptors (Lipinski definition) is 6. The van der Waals surface area contributed by atoms with Gasteiger partial charge < -0.3 is 24.0 Å². The average molecular weight is 481 g/mol. The van der Waals surface area contributed by atoms with Crippen molar-refractivity contribution in [2.24, 2.45) is 0 Å². The molecule has 0 N–H and O–H groups in total. The molecular formula is C27H32N2O6. The van der Waals surface area contributed by atoms with Gasteiger partial charge in [0, 0.05) is 13.0 Å². The van der Waals surface area contributed by atoms with Crippen LogP contribution in [0.2, 0.25) is 0 Å². The molecule has 0 aromatic heterocycles. The summed E-state index contributed by atoms with van der Waals surface area (Å²) in [5.41, 5.74) is 2.91. The zero-order chi connectivity index (χ0) is 25.1. The number of piperazine rings is 1. The van der Waals surface area contributed by atoms with Crippen LogP contribution in [-0.4, -0.2) is 66.5 Å². The van der Waals surface area contributed by atoms with E-state index in [0.29, 0.717) is 37.3 Å². The fourth-order valence-electron chi connectivity index (χ4n) is 5.07. The minimum atomic E-state index is -0.837. The van der Waals surface area contributed by atoms with Crippen molar-refractivity contribution in [1.29, 1.82) is 0 Å². The SMILES string of the molecule is CCOC(=O)[C@H](CCc1ccccc1)N1C(=O)[C@H]2Cc3cc(OC)c(OC)cc3CN2C(=O)[C@@H]1C. The number of esters is 1. The third-order valence-corrected chi connectivity index (χ3v) is 6.88. The molecule has 2 heterocycles. The lowest BCUT2D eigenvalue weighted by Gasteiger charge is -2.48. The highest BCUT2D eigenvalue weighted by atomic mass is 16.5. The highest BCUT2D eigenvalue weighted by molar-refractivity contribution is 5.99. The second-order valence-corrected chi connectivity index (χ2v) is 8.88. The van der Waals surface area contributed by atoms with E-state index in [9.17, 15) is 14.4 Å². The Hall–Kier alpha value is -3.55. The quantitative estimate of drug-likeness (QED) is 0.540. The molecule has 8 nitrogen and oxygen atoms in total. The van der Waals surface area contributed by atoms with Gasteiger partial charge in [-0.05, 0) is 55.5 Å². The average Bonchev–Trinajstić information content (AvgIpc) is 2.88. The summed E-state index contributed by atoms with van der Waals surface area (Å²) in [6.07, 6.45) is 1.31. The maximum atomic E-state index is 13.8. The summed E-state index contributed by atoms with van der Waals surface area (Å²) in [5.74, 6) is 0.269. The maximum absolute atomic E-state index is 13.8. The number of nitrogens with zero attached hydrogens (tertiary/aromatic N) is 2. The number of carbonyl (C=O) groups is 3. The number of methoxy groups -OCH3 is 2. The highest BCUT2D eigenvalue weighted by Gasteiger charge is 2.49. The molecule has 35 heavy (non-hydrogen) atoms. The minimum absolute atomic E-state index is 0.177. The molecule has 2 aliphatic rings. The van der Waals surface area contributed by atoms with E-state index in [1.54, 1.807) is 33.0 Å². The van der Waals surface area contributed by atoms with Crippen molar-refractivity contribution in [1.82, 2.24) is 9.80 Å². The van der Waals surface area contributed by atoms with Gasteiger partial charge in [-0.25, -0.2) is 4.79 Å². The number of amides is 2.